The van der Waals surface area contributed by atoms with Crippen molar-refractivity contribution in [2.75, 3.05) is 13.7 Å². The van der Waals surface area contributed by atoms with Gasteiger partial charge in [0.15, 0.2) is 0 Å². The van der Waals surface area contributed by atoms with Gasteiger partial charge in [0, 0.05) is 6.04 Å². The molecule has 0 aromatic rings. The van der Waals surface area contributed by atoms with Crippen molar-refractivity contribution in [3.05, 3.63) is 0 Å². The van der Waals surface area contributed by atoms with E-state index in [9.17, 15) is 4.79 Å². The number of ether oxygens (including phenoxy) is 1. The number of carbonyl (C=O) groups excluding carboxylic acids is 1. The molecule has 0 amide bonds. The molecule has 0 bridgehead atoms. The van der Waals surface area contributed by atoms with Gasteiger partial charge in [-0.15, -0.1) is 0 Å². The molecular formula is C14H27NO2. The molecule has 0 heterocycles. The van der Waals surface area contributed by atoms with E-state index in [1.165, 1.54) is 20.0 Å². The maximum atomic E-state index is 11.4. The molecule has 0 aliphatic heterocycles. The summed E-state index contributed by atoms with van der Waals surface area (Å²) >= 11 is 0. The van der Waals surface area contributed by atoms with Gasteiger partial charge in [-0.2, -0.15) is 0 Å². The van der Waals surface area contributed by atoms with Gasteiger partial charge in [-0.3, -0.25) is 4.79 Å². The Kier molecular flexibility index (Phi) is 6.56. The lowest BCUT2D eigenvalue weighted by atomic mass is 9.86. The van der Waals surface area contributed by atoms with E-state index in [-0.39, 0.29) is 11.9 Å². The molecule has 0 saturated heterocycles. The quantitative estimate of drug-likeness (QED) is 0.574. The zero-order chi connectivity index (χ0) is 12.7. The summed E-state index contributed by atoms with van der Waals surface area (Å²) in [5, 5.41) is 3.60. The molecule has 3 heteroatoms. The van der Waals surface area contributed by atoms with Gasteiger partial charge in [0.05, 0.1) is 13.0 Å². The maximum Gasteiger partial charge on any atom is 0.308 e. The van der Waals surface area contributed by atoms with Crippen molar-refractivity contribution in [3.8, 4) is 0 Å². The molecule has 17 heavy (non-hydrogen) atoms. The summed E-state index contributed by atoms with van der Waals surface area (Å²) in [6.07, 6.45) is 6.74. The second-order valence-electron chi connectivity index (χ2n) is 5.56. The highest BCUT2D eigenvalue weighted by Gasteiger charge is 2.26. The minimum Gasteiger partial charge on any atom is -0.469 e. The second-order valence-corrected chi connectivity index (χ2v) is 5.56. The molecule has 0 aromatic carbocycles. The van der Waals surface area contributed by atoms with Gasteiger partial charge in [-0.05, 0) is 51.0 Å². The Balaban J connectivity index is 2.09. The summed E-state index contributed by atoms with van der Waals surface area (Å²) in [4.78, 5) is 11.4. The Labute approximate surface area is 105 Å². The van der Waals surface area contributed by atoms with E-state index in [0.29, 0.717) is 6.04 Å². The topological polar surface area (TPSA) is 38.3 Å². The normalized spacial score (nSPS) is 24.9. The van der Waals surface area contributed by atoms with E-state index in [4.69, 9.17) is 4.74 Å². The monoisotopic (exact) mass is 241 g/mol. The minimum absolute atomic E-state index is 0.0248. The van der Waals surface area contributed by atoms with Crippen LogP contribution in [0.1, 0.15) is 52.4 Å². The summed E-state index contributed by atoms with van der Waals surface area (Å²) < 4.78 is 4.79. The number of methoxy groups -OCH3 is 1. The van der Waals surface area contributed by atoms with E-state index in [0.717, 1.165) is 38.1 Å². The van der Waals surface area contributed by atoms with Crippen molar-refractivity contribution in [1.82, 2.24) is 5.32 Å². The molecule has 0 atom stereocenters. The first kappa shape index (κ1) is 14.5. The highest BCUT2D eigenvalue weighted by molar-refractivity contribution is 5.72. The van der Waals surface area contributed by atoms with Crippen molar-refractivity contribution in [3.63, 3.8) is 0 Å². The van der Waals surface area contributed by atoms with Crippen LogP contribution in [0.25, 0.3) is 0 Å². The van der Waals surface area contributed by atoms with Crippen LogP contribution >= 0.6 is 0 Å². The molecule has 3 nitrogen and oxygen atoms in total. The number of rotatable bonds is 6. The highest BCUT2D eigenvalue weighted by Crippen LogP contribution is 2.25. The summed E-state index contributed by atoms with van der Waals surface area (Å²) in [7, 11) is 1.48. The average Bonchev–Trinajstić information content (AvgIpc) is 2.34. The molecule has 1 N–H and O–H groups in total. The van der Waals surface area contributed by atoms with Crippen LogP contribution in [0.5, 0.6) is 0 Å². The SMILES string of the molecule is COC(=O)C1CCC(NCCCC(C)C)CC1. The lowest BCUT2D eigenvalue weighted by Gasteiger charge is -2.27. The Morgan fingerprint density at radius 1 is 1.29 bits per heavy atom. The molecule has 0 spiro atoms. The third kappa shape index (κ3) is 5.53. The predicted octanol–water partition coefficient (Wildman–Crippen LogP) is 2.74. The van der Waals surface area contributed by atoms with Gasteiger partial charge >= 0.3 is 5.97 Å². The van der Waals surface area contributed by atoms with E-state index >= 15 is 0 Å². The molecule has 1 fully saturated rings. The molecule has 0 aromatic heterocycles. The predicted molar refractivity (Wildman–Crippen MR) is 69.8 cm³/mol. The molecular weight excluding hydrogens is 214 g/mol. The van der Waals surface area contributed by atoms with Gasteiger partial charge in [0.2, 0.25) is 0 Å². The molecule has 1 aliphatic carbocycles. The number of carbonyl (C=O) groups is 1. The van der Waals surface area contributed by atoms with Crippen LogP contribution in [-0.4, -0.2) is 25.7 Å². The Hall–Kier alpha value is -0.570. The molecule has 1 aliphatic rings. The third-order valence-corrected chi connectivity index (χ3v) is 3.65. The minimum atomic E-state index is -0.0248. The first-order chi connectivity index (χ1) is 8.13. The van der Waals surface area contributed by atoms with Crippen LogP contribution < -0.4 is 5.32 Å². The average molecular weight is 241 g/mol. The summed E-state index contributed by atoms with van der Waals surface area (Å²) in [5.74, 6) is 0.920. The van der Waals surface area contributed by atoms with E-state index in [1.54, 1.807) is 0 Å². The summed E-state index contributed by atoms with van der Waals surface area (Å²) in [6.45, 7) is 5.65. The lowest BCUT2D eigenvalue weighted by Crippen LogP contribution is -2.35. The first-order valence-electron chi connectivity index (χ1n) is 6.94. The van der Waals surface area contributed by atoms with Crippen LogP contribution in [0.4, 0.5) is 0 Å². The number of esters is 1. The van der Waals surface area contributed by atoms with E-state index in [2.05, 4.69) is 19.2 Å². The van der Waals surface area contributed by atoms with Gasteiger partial charge < -0.3 is 10.1 Å². The Morgan fingerprint density at radius 2 is 1.94 bits per heavy atom. The number of nitrogens with one attached hydrogen (secondary N) is 1. The largest absolute Gasteiger partial charge is 0.469 e. The highest BCUT2D eigenvalue weighted by atomic mass is 16.5. The van der Waals surface area contributed by atoms with Crippen LogP contribution in [0.15, 0.2) is 0 Å². The van der Waals surface area contributed by atoms with Crippen molar-refractivity contribution in [2.45, 2.75) is 58.4 Å². The van der Waals surface area contributed by atoms with Crippen LogP contribution in [0.3, 0.4) is 0 Å². The number of hydrogen-bond donors (Lipinski definition) is 1. The zero-order valence-corrected chi connectivity index (χ0v) is 11.5. The molecule has 100 valence electrons. The molecule has 1 saturated carbocycles. The van der Waals surface area contributed by atoms with Crippen molar-refractivity contribution in [2.24, 2.45) is 11.8 Å². The fourth-order valence-corrected chi connectivity index (χ4v) is 2.52. The van der Waals surface area contributed by atoms with Crippen LogP contribution in [-0.2, 0) is 9.53 Å². The van der Waals surface area contributed by atoms with E-state index in [1.807, 2.05) is 0 Å². The fourth-order valence-electron chi connectivity index (χ4n) is 2.52. The zero-order valence-electron chi connectivity index (χ0n) is 11.5. The molecule has 0 unspecified atom stereocenters. The van der Waals surface area contributed by atoms with Gasteiger partial charge in [-0.25, -0.2) is 0 Å². The summed E-state index contributed by atoms with van der Waals surface area (Å²) in [6, 6.07) is 0.614. The first-order valence-corrected chi connectivity index (χ1v) is 6.94. The van der Waals surface area contributed by atoms with Gasteiger partial charge in [0.25, 0.3) is 0 Å². The van der Waals surface area contributed by atoms with Crippen molar-refractivity contribution in [1.29, 1.82) is 0 Å². The Morgan fingerprint density at radius 3 is 2.47 bits per heavy atom. The van der Waals surface area contributed by atoms with E-state index < -0.39 is 0 Å². The third-order valence-electron chi connectivity index (χ3n) is 3.65. The van der Waals surface area contributed by atoms with Crippen LogP contribution in [0, 0.1) is 11.8 Å². The smallest absolute Gasteiger partial charge is 0.308 e. The Bertz CT molecular complexity index is 220. The standard InChI is InChI=1S/C14H27NO2/c1-11(2)5-4-10-15-13-8-6-12(7-9-13)14(16)17-3/h11-13,15H,4-10H2,1-3H3. The van der Waals surface area contributed by atoms with Gasteiger partial charge in [-0.1, -0.05) is 13.8 Å². The molecule has 1 rings (SSSR count). The fraction of sp³-hybridized carbons (Fsp3) is 0.929. The van der Waals surface area contributed by atoms with Crippen molar-refractivity contribution >= 4 is 5.97 Å². The second kappa shape index (κ2) is 7.70. The number of hydrogen-bond acceptors (Lipinski definition) is 3. The van der Waals surface area contributed by atoms with Crippen LogP contribution in [0.2, 0.25) is 0 Å². The molecule has 0 radical (unpaired) electrons. The van der Waals surface area contributed by atoms with Gasteiger partial charge in [0.1, 0.15) is 0 Å². The lowest BCUT2D eigenvalue weighted by molar-refractivity contribution is -0.146. The maximum absolute atomic E-state index is 11.4. The summed E-state index contributed by atoms with van der Waals surface area (Å²) in [5.41, 5.74) is 0. The van der Waals surface area contributed by atoms with Crippen molar-refractivity contribution < 1.29 is 9.53 Å².